The van der Waals surface area contributed by atoms with Crippen LogP contribution in [-0.2, 0) is 5.41 Å². The lowest BCUT2D eigenvalue weighted by molar-refractivity contribution is 0.670. The summed E-state index contributed by atoms with van der Waals surface area (Å²) >= 11 is 0. The van der Waals surface area contributed by atoms with Gasteiger partial charge in [0, 0.05) is 55.1 Å². The van der Waals surface area contributed by atoms with Crippen molar-refractivity contribution >= 4 is 99.5 Å². The van der Waals surface area contributed by atoms with Gasteiger partial charge >= 0.3 is 0 Å². The van der Waals surface area contributed by atoms with Crippen molar-refractivity contribution in [3.8, 4) is 44.5 Å². The van der Waals surface area contributed by atoms with Gasteiger partial charge in [0.2, 0.25) is 0 Å². The lowest BCUT2D eigenvalue weighted by Gasteiger charge is -2.33. The summed E-state index contributed by atoms with van der Waals surface area (Å²) < 4.78 is 14.5. The first-order valence-electron chi connectivity index (χ1n) is 30.1. The van der Waals surface area contributed by atoms with Gasteiger partial charge in [-0.25, -0.2) is 0 Å². The SMILES string of the molecule is Cc1ccccc1-c1cccc2c1oc1c(N(c3ccccc3)c3ccc4cc5c(cc4c3)C3(c4ccccc4-c4ccccc43)c3cc(N(c4ccccc4)c4cccc6c4oc4c(-c7ccccc7C)cccc46)c4ccccc4c3-5)cccc12. The van der Waals surface area contributed by atoms with E-state index in [0.717, 1.165) is 99.9 Å². The molecule has 0 fully saturated rings. The second-order valence-electron chi connectivity index (χ2n) is 23.5. The van der Waals surface area contributed by atoms with Gasteiger partial charge in [0.1, 0.15) is 11.2 Å². The predicted molar refractivity (Wildman–Crippen MR) is 362 cm³/mol. The van der Waals surface area contributed by atoms with E-state index >= 15 is 0 Å². The van der Waals surface area contributed by atoms with Crippen LogP contribution in [0.1, 0.15) is 33.4 Å². The van der Waals surface area contributed by atoms with Gasteiger partial charge in [0.15, 0.2) is 11.2 Å². The van der Waals surface area contributed by atoms with Gasteiger partial charge < -0.3 is 18.6 Å². The molecule has 0 atom stereocenters. The maximum absolute atomic E-state index is 7.33. The lowest BCUT2D eigenvalue weighted by Crippen LogP contribution is -2.26. The Kier molecular flexibility index (Phi) is 10.7. The minimum absolute atomic E-state index is 0.690. The molecule has 0 aliphatic heterocycles. The topological polar surface area (TPSA) is 32.8 Å². The molecule has 0 amide bonds. The average molecular weight is 1110 g/mol. The molecule has 0 bridgehead atoms. The van der Waals surface area contributed by atoms with Crippen molar-refractivity contribution in [2.45, 2.75) is 19.3 Å². The third kappa shape index (κ3) is 7.07. The molecule has 1 spiro atoms. The first-order valence-corrected chi connectivity index (χ1v) is 30.1. The molecular weight excluding hydrogens is 1060 g/mol. The van der Waals surface area contributed by atoms with Crippen LogP contribution in [0.15, 0.2) is 300 Å². The fourth-order valence-corrected chi connectivity index (χ4v) is 15.2. The molecule has 4 nitrogen and oxygen atoms in total. The number of rotatable bonds is 8. The molecule has 2 aliphatic rings. The zero-order valence-corrected chi connectivity index (χ0v) is 47.9. The second kappa shape index (κ2) is 18.9. The fraction of sp³-hybridized carbons (Fsp3) is 0.0361. The summed E-state index contributed by atoms with van der Waals surface area (Å²) in [5.41, 5.74) is 25.9. The number of nitrogens with zero attached hydrogens (tertiary/aromatic N) is 2. The number of fused-ring (bicyclic) bond motifs is 19. The monoisotopic (exact) mass is 1110 g/mol. The molecule has 0 unspecified atom stereocenters. The number of benzene rings is 14. The third-order valence-corrected chi connectivity index (χ3v) is 18.9. The van der Waals surface area contributed by atoms with E-state index in [4.69, 9.17) is 8.83 Å². The maximum atomic E-state index is 7.33. The van der Waals surface area contributed by atoms with Crippen molar-refractivity contribution in [1.29, 1.82) is 0 Å². The summed E-state index contributed by atoms with van der Waals surface area (Å²) in [5, 5.41) is 9.00. The third-order valence-electron chi connectivity index (χ3n) is 18.9. The number of furan rings is 2. The number of hydrogen-bond donors (Lipinski definition) is 0. The highest BCUT2D eigenvalue weighted by Gasteiger charge is 2.53. The Labute approximate surface area is 503 Å². The molecule has 0 N–H and O–H groups in total. The normalized spacial score (nSPS) is 12.8. The maximum Gasteiger partial charge on any atom is 0.159 e. The first-order chi connectivity index (χ1) is 43.0. The van der Waals surface area contributed by atoms with Crippen LogP contribution in [0.2, 0.25) is 0 Å². The molecule has 4 heteroatoms. The molecule has 16 aromatic rings. The van der Waals surface area contributed by atoms with E-state index in [9.17, 15) is 0 Å². The van der Waals surface area contributed by atoms with Gasteiger partial charge in [-0.05, 0) is 163 Å². The number of hydrogen-bond acceptors (Lipinski definition) is 4. The van der Waals surface area contributed by atoms with Gasteiger partial charge in [0.05, 0.1) is 22.5 Å². The van der Waals surface area contributed by atoms with E-state index in [0.29, 0.717) is 0 Å². The second-order valence-corrected chi connectivity index (χ2v) is 23.5. The number of anilines is 6. The zero-order valence-electron chi connectivity index (χ0n) is 47.9. The van der Waals surface area contributed by atoms with Crippen molar-refractivity contribution in [2.75, 3.05) is 9.80 Å². The van der Waals surface area contributed by atoms with Gasteiger partial charge in [-0.3, -0.25) is 0 Å². The molecule has 2 heterocycles. The van der Waals surface area contributed by atoms with Crippen LogP contribution in [0.25, 0.3) is 110 Å². The molecule has 14 aromatic carbocycles. The molecule has 0 saturated heterocycles. The summed E-state index contributed by atoms with van der Waals surface area (Å²) in [4.78, 5) is 4.83. The van der Waals surface area contributed by atoms with Crippen LogP contribution >= 0.6 is 0 Å². The summed E-state index contributed by atoms with van der Waals surface area (Å²) in [6, 6.07) is 107. The standard InChI is InChI=1S/C83H54N2O2/c1-51-23-9-11-29-58(51)64-35-19-37-66-68-39-21-43-75(81(68)86-79(64)66)84(55-25-5-3-6-26-55)57-46-45-53-48-70-73(49-54(53)47-57)83(71-41-17-15-31-60(71)61-32-16-18-42-72(61)83)74-50-77(62-33-13-14-34-63(62)78(70)74)85(56-27-7-4-8-28-56)76-44-22-40-69-67-38-20-36-65(80(67)87-82(69)76)59-30-12-10-24-52(59)2/h3-50H,1-2H3. The molecule has 0 radical (unpaired) electrons. The zero-order chi connectivity index (χ0) is 57.5. The van der Waals surface area contributed by atoms with Crippen molar-refractivity contribution in [3.63, 3.8) is 0 Å². The summed E-state index contributed by atoms with van der Waals surface area (Å²) in [5.74, 6) is 0. The molecule has 87 heavy (non-hydrogen) atoms. The first kappa shape index (κ1) is 49.2. The smallest absolute Gasteiger partial charge is 0.159 e. The Balaban J connectivity index is 0.884. The molecule has 0 saturated carbocycles. The highest BCUT2D eigenvalue weighted by atomic mass is 16.3. The van der Waals surface area contributed by atoms with E-state index in [1.807, 2.05) is 0 Å². The van der Waals surface area contributed by atoms with Crippen LogP contribution in [0.4, 0.5) is 34.1 Å². The minimum atomic E-state index is -0.690. The number of aryl methyl sites for hydroxylation is 2. The van der Waals surface area contributed by atoms with Crippen molar-refractivity contribution < 1.29 is 8.83 Å². The van der Waals surface area contributed by atoms with E-state index in [-0.39, 0.29) is 0 Å². The van der Waals surface area contributed by atoms with Gasteiger partial charge in [0.25, 0.3) is 0 Å². The van der Waals surface area contributed by atoms with E-state index in [1.165, 1.54) is 77.5 Å². The van der Waals surface area contributed by atoms with Crippen LogP contribution in [-0.4, -0.2) is 0 Å². The minimum Gasteiger partial charge on any atom is -0.453 e. The van der Waals surface area contributed by atoms with E-state index < -0.39 is 5.41 Å². The predicted octanol–water partition coefficient (Wildman–Crippen LogP) is 23.0. The van der Waals surface area contributed by atoms with Crippen molar-refractivity contribution in [3.05, 3.63) is 325 Å². The number of para-hydroxylation sites is 6. The van der Waals surface area contributed by atoms with E-state index in [1.54, 1.807) is 0 Å². The highest BCUT2D eigenvalue weighted by Crippen LogP contribution is 2.66. The van der Waals surface area contributed by atoms with Crippen LogP contribution in [0, 0.1) is 13.8 Å². The molecule has 18 rings (SSSR count). The molecular formula is C83H54N2O2. The molecule has 408 valence electrons. The lowest BCUT2D eigenvalue weighted by atomic mass is 9.70. The van der Waals surface area contributed by atoms with Crippen LogP contribution in [0.3, 0.4) is 0 Å². The Bertz CT molecular complexity index is 5470. The molecule has 2 aromatic heterocycles. The van der Waals surface area contributed by atoms with Gasteiger partial charge in [-0.15, -0.1) is 0 Å². The van der Waals surface area contributed by atoms with E-state index in [2.05, 4.69) is 315 Å². The average Bonchev–Trinajstić information content (AvgIpc) is 1.52. The fourth-order valence-electron chi connectivity index (χ4n) is 15.2. The largest absolute Gasteiger partial charge is 0.453 e. The van der Waals surface area contributed by atoms with Crippen molar-refractivity contribution in [2.24, 2.45) is 0 Å². The van der Waals surface area contributed by atoms with Gasteiger partial charge in [-0.2, -0.15) is 0 Å². The Morgan fingerprint density at radius 1 is 0.253 bits per heavy atom. The summed E-state index contributed by atoms with van der Waals surface area (Å²) in [7, 11) is 0. The summed E-state index contributed by atoms with van der Waals surface area (Å²) in [6.45, 7) is 4.35. The quantitative estimate of drug-likeness (QED) is 0.152. The Morgan fingerprint density at radius 2 is 0.701 bits per heavy atom. The molecule has 2 aliphatic carbocycles. The Hall–Kier alpha value is -11.2. The van der Waals surface area contributed by atoms with Crippen molar-refractivity contribution in [1.82, 2.24) is 0 Å². The highest BCUT2D eigenvalue weighted by molar-refractivity contribution is 6.18. The van der Waals surface area contributed by atoms with Crippen LogP contribution < -0.4 is 9.80 Å². The van der Waals surface area contributed by atoms with Gasteiger partial charge in [-0.1, -0.05) is 224 Å². The summed E-state index contributed by atoms with van der Waals surface area (Å²) in [6.07, 6.45) is 0. The van der Waals surface area contributed by atoms with Crippen LogP contribution in [0.5, 0.6) is 0 Å². The Morgan fingerprint density at radius 3 is 1.28 bits per heavy atom.